The van der Waals surface area contributed by atoms with E-state index in [4.69, 9.17) is 18.7 Å². The first-order chi connectivity index (χ1) is 27.9. The number of hydrogen-bond donors (Lipinski definition) is 0. The number of para-hydroxylation sites is 2. The minimum absolute atomic E-state index is 0.0775. The fourth-order valence-corrected chi connectivity index (χ4v) is 6.82. The van der Waals surface area contributed by atoms with Gasteiger partial charge in [-0.25, -0.2) is 4.98 Å². The number of aromatic nitrogens is 2. The van der Waals surface area contributed by atoms with Gasteiger partial charge in [0, 0.05) is 5.69 Å². The van der Waals surface area contributed by atoms with Crippen LogP contribution in [0.15, 0.2) is 176 Å². The smallest absolute Gasteiger partial charge is 0.111 e. The van der Waals surface area contributed by atoms with Gasteiger partial charge in [-0.3, -0.25) is 4.57 Å². The highest BCUT2D eigenvalue weighted by Gasteiger charge is 2.18. The molecule has 0 bridgehead atoms. The molecular formula is C46H32N2. The van der Waals surface area contributed by atoms with Gasteiger partial charge in [-0.15, -0.1) is 0 Å². The maximum absolute atomic E-state index is 8.81. The third-order valence-corrected chi connectivity index (χ3v) is 8.90. The van der Waals surface area contributed by atoms with Crippen molar-refractivity contribution >= 4 is 32.6 Å². The second kappa shape index (κ2) is 11.5. The molecule has 0 aliphatic heterocycles. The zero-order chi connectivity index (χ0) is 40.7. The second-order valence-electron chi connectivity index (χ2n) is 11.7. The summed E-state index contributed by atoms with van der Waals surface area (Å²) in [6.07, 6.45) is 0. The van der Waals surface area contributed by atoms with Crippen LogP contribution >= 0.6 is 0 Å². The lowest BCUT2D eigenvalue weighted by Crippen LogP contribution is -1.97. The lowest BCUT2D eigenvalue weighted by atomic mass is 9.84. The largest absolute Gasteiger partial charge is 0.297 e. The Hall–Kier alpha value is -6.25. The van der Waals surface area contributed by atoms with E-state index >= 15 is 0 Å². The first-order valence-electron chi connectivity index (χ1n) is 20.7. The maximum atomic E-state index is 8.81. The molecule has 48 heavy (non-hydrogen) atoms. The van der Waals surface area contributed by atoms with Crippen molar-refractivity contribution in [3.63, 3.8) is 0 Å². The van der Waals surface area contributed by atoms with E-state index in [9.17, 15) is 0 Å². The Balaban J connectivity index is 1.34. The number of rotatable bonds is 5. The minimum atomic E-state index is -0.472. The Morgan fingerprint density at radius 2 is 1.02 bits per heavy atom. The third-order valence-electron chi connectivity index (χ3n) is 8.90. The van der Waals surface area contributed by atoms with Crippen LogP contribution in [0.2, 0.25) is 0 Å². The van der Waals surface area contributed by atoms with Gasteiger partial charge in [0.1, 0.15) is 5.82 Å². The van der Waals surface area contributed by atoms with Crippen LogP contribution in [0.4, 0.5) is 0 Å². The van der Waals surface area contributed by atoms with E-state index < -0.39 is 36.3 Å². The fourth-order valence-electron chi connectivity index (χ4n) is 6.82. The van der Waals surface area contributed by atoms with Gasteiger partial charge in [0.2, 0.25) is 0 Å². The van der Waals surface area contributed by atoms with Gasteiger partial charge in [0.25, 0.3) is 0 Å². The molecule has 226 valence electrons. The Bertz CT molecular complexity index is 3130. The summed E-state index contributed by atoms with van der Waals surface area (Å²) in [4.78, 5) is 4.75. The predicted molar refractivity (Wildman–Crippen MR) is 203 cm³/mol. The molecule has 1 aromatic heterocycles. The molecule has 0 fully saturated rings. The third kappa shape index (κ3) is 4.70. The molecule has 2 heteroatoms. The quantitative estimate of drug-likeness (QED) is 0.175. The number of aryl methyl sites for hydroxylation is 1. The molecule has 0 N–H and O–H groups in total. The molecule has 1 heterocycles. The fraction of sp³-hybridized carbons (Fsp3) is 0.0217. The van der Waals surface area contributed by atoms with Gasteiger partial charge in [-0.2, -0.15) is 0 Å². The topological polar surface area (TPSA) is 17.8 Å². The van der Waals surface area contributed by atoms with Crippen LogP contribution in [0.1, 0.15) is 19.5 Å². The number of benzene rings is 8. The highest BCUT2D eigenvalue weighted by molar-refractivity contribution is 6.22. The first kappa shape index (κ1) is 19.4. The summed E-state index contributed by atoms with van der Waals surface area (Å²) < 4.78 is 86.9. The van der Waals surface area contributed by atoms with E-state index in [1.54, 1.807) is 18.2 Å². The van der Waals surface area contributed by atoms with Crippen molar-refractivity contribution in [1.82, 2.24) is 9.55 Å². The van der Waals surface area contributed by atoms with Crippen LogP contribution < -0.4 is 0 Å². The number of imidazole rings is 1. The highest BCUT2D eigenvalue weighted by atomic mass is 15.1. The molecule has 0 saturated heterocycles. The standard InChI is InChI=1S/C46H32N2/c1-31-47-43-21-10-11-22-44(43)48(31)38-26-23-34(24-27-38)45-39-19-8-9-20-40(39)46(37-18-12-17-35(29-37)32-13-4-2-5-14-32)42-30-36(25-28-41(42)45)33-15-6-3-7-16-33/h2-30H,1H3/i2D,3D,4D,5D,6D,7D,13D,14D,15D,16D. The Morgan fingerprint density at radius 3 is 1.73 bits per heavy atom. The molecule has 9 aromatic rings. The summed E-state index contributed by atoms with van der Waals surface area (Å²) >= 11 is 0. The van der Waals surface area contributed by atoms with Gasteiger partial charge in [-0.1, -0.05) is 139 Å². The number of hydrogen-bond acceptors (Lipinski definition) is 1. The number of nitrogens with zero attached hydrogens (tertiary/aromatic N) is 2. The van der Waals surface area contributed by atoms with E-state index in [0.29, 0.717) is 16.7 Å². The zero-order valence-corrected chi connectivity index (χ0v) is 25.9. The van der Waals surface area contributed by atoms with Crippen LogP contribution in [-0.2, 0) is 0 Å². The van der Waals surface area contributed by atoms with Gasteiger partial charge in [0.15, 0.2) is 0 Å². The normalized spacial score (nSPS) is 14.4. The average Bonchev–Trinajstić information content (AvgIpc) is 3.58. The Kier molecular flexibility index (Phi) is 4.66. The van der Waals surface area contributed by atoms with E-state index in [1.807, 2.05) is 73.7 Å². The molecule has 9 rings (SSSR count). The summed E-state index contributed by atoms with van der Waals surface area (Å²) in [5, 5.41) is 3.37. The SMILES string of the molecule is [2H]c1c([2H])c([2H])c(-c2cccc(-c3c4ccccc4c(-c4ccc(-n5c(C)nc6ccccc65)cc4)c4ccc(-c5c([2H])c([2H])c([2H])c([2H])c5[2H])cc34)c2)c([2H])c1[2H]. The molecule has 2 nitrogen and oxygen atoms in total. The van der Waals surface area contributed by atoms with Crippen molar-refractivity contribution in [3.05, 3.63) is 182 Å². The van der Waals surface area contributed by atoms with E-state index in [0.717, 1.165) is 60.8 Å². The summed E-state index contributed by atoms with van der Waals surface area (Å²) in [5.41, 5.74) is 7.23. The Labute approximate surface area is 294 Å². The highest BCUT2D eigenvalue weighted by Crippen LogP contribution is 2.45. The maximum Gasteiger partial charge on any atom is 0.111 e. The van der Waals surface area contributed by atoms with Crippen LogP contribution in [-0.4, -0.2) is 9.55 Å². The molecule has 8 aromatic carbocycles. The van der Waals surface area contributed by atoms with Gasteiger partial charge < -0.3 is 0 Å². The van der Waals surface area contributed by atoms with E-state index in [2.05, 4.69) is 34.9 Å². The molecule has 0 spiro atoms. The van der Waals surface area contributed by atoms with Crippen LogP contribution in [0.5, 0.6) is 0 Å². The van der Waals surface area contributed by atoms with Gasteiger partial charge >= 0.3 is 0 Å². The predicted octanol–water partition coefficient (Wildman–Crippen LogP) is 12.3. The van der Waals surface area contributed by atoms with Crippen molar-refractivity contribution < 1.29 is 13.7 Å². The molecular weight excluding hydrogens is 581 g/mol. The lowest BCUT2D eigenvalue weighted by molar-refractivity contribution is 1.00. The molecule has 0 atom stereocenters. The molecule has 0 aliphatic rings. The van der Waals surface area contributed by atoms with Crippen LogP contribution in [0.25, 0.3) is 82.8 Å². The minimum Gasteiger partial charge on any atom is -0.297 e. The van der Waals surface area contributed by atoms with Crippen molar-refractivity contribution in [2.75, 3.05) is 0 Å². The monoisotopic (exact) mass is 622 g/mol. The molecule has 0 saturated carbocycles. The molecule has 0 unspecified atom stereocenters. The van der Waals surface area contributed by atoms with Crippen molar-refractivity contribution in [2.45, 2.75) is 6.92 Å². The van der Waals surface area contributed by atoms with Crippen LogP contribution in [0, 0.1) is 6.92 Å². The average molecular weight is 623 g/mol. The molecule has 0 amide bonds. The van der Waals surface area contributed by atoms with Gasteiger partial charge in [0.05, 0.1) is 24.7 Å². The summed E-state index contributed by atoms with van der Waals surface area (Å²) in [6, 6.07) is 33.2. The molecule has 0 radical (unpaired) electrons. The molecule has 0 aliphatic carbocycles. The Morgan fingerprint density at radius 1 is 0.458 bits per heavy atom. The summed E-state index contributed by atoms with van der Waals surface area (Å²) in [5.74, 6) is 0.861. The van der Waals surface area contributed by atoms with Gasteiger partial charge in [-0.05, 0) is 109 Å². The van der Waals surface area contributed by atoms with E-state index in [-0.39, 0.29) is 35.3 Å². The summed E-state index contributed by atoms with van der Waals surface area (Å²) in [7, 11) is 0. The number of fused-ring (bicyclic) bond motifs is 3. The van der Waals surface area contributed by atoms with Crippen molar-refractivity contribution in [2.24, 2.45) is 0 Å². The van der Waals surface area contributed by atoms with Crippen molar-refractivity contribution in [1.29, 1.82) is 0 Å². The second-order valence-corrected chi connectivity index (χ2v) is 11.7. The van der Waals surface area contributed by atoms with Crippen LogP contribution in [0.3, 0.4) is 0 Å². The first-order valence-corrected chi connectivity index (χ1v) is 15.7. The van der Waals surface area contributed by atoms with E-state index in [1.165, 1.54) is 0 Å². The summed E-state index contributed by atoms with van der Waals surface area (Å²) in [6.45, 7) is 1.98. The zero-order valence-electron chi connectivity index (χ0n) is 35.9. The van der Waals surface area contributed by atoms with Crippen molar-refractivity contribution in [3.8, 4) is 50.2 Å². The lowest BCUT2D eigenvalue weighted by Gasteiger charge is -2.19.